The molecule has 1 aromatic carbocycles. The van der Waals surface area contributed by atoms with Crippen molar-refractivity contribution in [1.29, 1.82) is 0 Å². The average molecular weight is 543 g/mol. The molecule has 2 aliphatic heterocycles. The number of benzene rings is 1. The fraction of sp³-hybridized carbons (Fsp3) is 0.407. The molecule has 38 heavy (non-hydrogen) atoms. The van der Waals surface area contributed by atoms with E-state index in [0.29, 0.717) is 43.9 Å². The third-order valence-electron chi connectivity index (χ3n) is 7.41. The lowest BCUT2D eigenvalue weighted by atomic mass is 9.73. The van der Waals surface area contributed by atoms with Gasteiger partial charge in [0.15, 0.2) is 23.3 Å². The van der Waals surface area contributed by atoms with E-state index in [2.05, 4.69) is 20.5 Å². The van der Waals surface area contributed by atoms with E-state index in [9.17, 15) is 18.4 Å². The number of likely N-dealkylation sites (tertiary alicyclic amines) is 2. The van der Waals surface area contributed by atoms with Gasteiger partial charge in [0.25, 0.3) is 5.91 Å². The average Bonchev–Trinajstić information content (AvgIpc) is 3.59. The van der Waals surface area contributed by atoms with E-state index in [1.54, 1.807) is 23.1 Å². The summed E-state index contributed by atoms with van der Waals surface area (Å²) in [6, 6.07) is 9.02. The van der Waals surface area contributed by atoms with E-state index in [-0.39, 0.29) is 35.4 Å². The first kappa shape index (κ1) is 26.1. The van der Waals surface area contributed by atoms with Gasteiger partial charge in [-0.15, -0.1) is 0 Å². The Morgan fingerprint density at radius 3 is 2.50 bits per heavy atom. The number of rotatable bonds is 6. The van der Waals surface area contributed by atoms with Gasteiger partial charge in [0.05, 0.1) is 16.0 Å². The molecule has 2 N–H and O–H groups in total. The quantitative estimate of drug-likeness (QED) is 0.463. The van der Waals surface area contributed by atoms with E-state index in [4.69, 9.17) is 11.6 Å². The van der Waals surface area contributed by atoms with Crippen LogP contribution in [0.5, 0.6) is 0 Å². The van der Waals surface area contributed by atoms with Gasteiger partial charge >= 0.3 is 0 Å². The molecular formula is C27H29ClF2N6O2. The highest BCUT2D eigenvalue weighted by molar-refractivity contribution is 6.31. The predicted octanol–water partition coefficient (Wildman–Crippen LogP) is 4.88. The molecule has 0 spiro atoms. The number of hydrogen-bond acceptors (Lipinski definition) is 5. The minimum Gasteiger partial charge on any atom is -0.342 e. The van der Waals surface area contributed by atoms with Crippen LogP contribution < -0.4 is 5.32 Å². The number of hydrogen-bond donors (Lipinski definition) is 2. The second-order valence-electron chi connectivity index (χ2n) is 10.0. The second kappa shape index (κ2) is 10.7. The van der Waals surface area contributed by atoms with Gasteiger partial charge < -0.3 is 15.1 Å². The van der Waals surface area contributed by atoms with Crippen LogP contribution in [0.3, 0.4) is 0 Å². The highest BCUT2D eigenvalue weighted by Crippen LogP contribution is 2.39. The molecule has 4 heterocycles. The van der Waals surface area contributed by atoms with Crippen molar-refractivity contribution in [2.45, 2.75) is 39.0 Å². The van der Waals surface area contributed by atoms with Crippen LogP contribution in [-0.4, -0.2) is 63.0 Å². The highest BCUT2D eigenvalue weighted by Gasteiger charge is 2.45. The van der Waals surface area contributed by atoms with Crippen molar-refractivity contribution in [2.24, 2.45) is 5.41 Å². The lowest BCUT2D eigenvalue weighted by molar-refractivity contribution is -0.143. The lowest BCUT2D eigenvalue weighted by Crippen LogP contribution is -2.52. The Morgan fingerprint density at radius 2 is 1.82 bits per heavy atom. The number of pyridine rings is 1. The van der Waals surface area contributed by atoms with E-state index >= 15 is 0 Å². The molecule has 2 aliphatic rings. The van der Waals surface area contributed by atoms with Gasteiger partial charge in [-0.1, -0.05) is 17.7 Å². The fourth-order valence-corrected chi connectivity index (χ4v) is 5.49. The first-order valence-electron chi connectivity index (χ1n) is 12.7. The SMILES string of the molecule is Cc1cc(Nc2nc(CC3(C(=O)N4CCCC4)CCN(C(=O)c4cccc(Cl)c4F)CC3)ccc2F)n[nH]1. The molecule has 0 radical (unpaired) electrons. The van der Waals surface area contributed by atoms with Crippen LogP contribution in [0.4, 0.5) is 20.4 Å². The molecule has 0 atom stereocenters. The van der Waals surface area contributed by atoms with Crippen LogP contribution in [0.25, 0.3) is 0 Å². The topological polar surface area (TPSA) is 94.2 Å². The maximum absolute atomic E-state index is 14.6. The zero-order chi connectivity index (χ0) is 26.9. The molecule has 0 bridgehead atoms. The molecule has 8 nitrogen and oxygen atoms in total. The van der Waals surface area contributed by atoms with Crippen LogP contribution in [0, 0.1) is 24.0 Å². The van der Waals surface area contributed by atoms with Crippen molar-refractivity contribution in [1.82, 2.24) is 25.0 Å². The summed E-state index contributed by atoms with van der Waals surface area (Å²) < 4.78 is 29.1. The molecule has 0 aliphatic carbocycles. The number of aromatic nitrogens is 3. The van der Waals surface area contributed by atoms with Gasteiger partial charge in [-0.3, -0.25) is 14.7 Å². The van der Waals surface area contributed by atoms with Gasteiger partial charge in [0.2, 0.25) is 5.91 Å². The van der Waals surface area contributed by atoms with E-state index in [1.807, 2.05) is 11.8 Å². The third kappa shape index (κ3) is 5.22. The van der Waals surface area contributed by atoms with Gasteiger partial charge in [-0.05, 0) is 56.9 Å². The minimum absolute atomic E-state index is 0.0274. The molecule has 0 unspecified atom stereocenters. The molecule has 5 rings (SSSR count). The summed E-state index contributed by atoms with van der Waals surface area (Å²) >= 11 is 5.88. The van der Waals surface area contributed by atoms with Gasteiger partial charge in [-0.2, -0.15) is 5.10 Å². The van der Waals surface area contributed by atoms with Crippen molar-refractivity contribution in [3.8, 4) is 0 Å². The number of carbonyl (C=O) groups excluding carboxylic acids is 2. The predicted molar refractivity (Wildman–Crippen MR) is 139 cm³/mol. The zero-order valence-electron chi connectivity index (χ0n) is 21.1. The molecule has 2 saturated heterocycles. The normalized spacial score (nSPS) is 17.1. The van der Waals surface area contributed by atoms with Crippen molar-refractivity contribution in [3.05, 3.63) is 70.0 Å². The summed E-state index contributed by atoms with van der Waals surface area (Å²) in [6.45, 7) is 3.79. The van der Waals surface area contributed by atoms with E-state index in [1.165, 1.54) is 18.2 Å². The molecule has 0 saturated carbocycles. The number of piperidine rings is 1. The Morgan fingerprint density at radius 1 is 1.08 bits per heavy atom. The summed E-state index contributed by atoms with van der Waals surface area (Å²) in [4.78, 5) is 34.9. The molecule has 3 aromatic rings. The van der Waals surface area contributed by atoms with Crippen molar-refractivity contribution >= 4 is 35.1 Å². The van der Waals surface area contributed by atoms with Crippen molar-refractivity contribution < 1.29 is 18.4 Å². The monoisotopic (exact) mass is 542 g/mol. The maximum Gasteiger partial charge on any atom is 0.256 e. The first-order valence-corrected chi connectivity index (χ1v) is 13.1. The molecule has 200 valence electrons. The molecule has 11 heteroatoms. The van der Waals surface area contributed by atoms with Crippen LogP contribution >= 0.6 is 11.6 Å². The number of carbonyl (C=O) groups is 2. The number of anilines is 2. The number of halogens is 3. The highest BCUT2D eigenvalue weighted by atomic mass is 35.5. The third-order valence-corrected chi connectivity index (χ3v) is 7.70. The number of nitrogens with zero attached hydrogens (tertiary/aromatic N) is 4. The molecule has 2 amide bonds. The van der Waals surface area contributed by atoms with Crippen LogP contribution in [0.1, 0.15) is 47.4 Å². The van der Waals surface area contributed by atoms with E-state index < -0.39 is 23.0 Å². The number of H-pyrrole nitrogens is 1. The number of nitrogens with one attached hydrogen (secondary N) is 2. The Hall–Kier alpha value is -3.53. The number of amides is 2. The first-order chi connectivity index (χ1) is 18.3. The minimum atomic E-state index is -0.807. The fourth-order valence-electron chi connectivity index (χ4n) is 5.32. The van der Waals surface area contributed by atoms with Crippen molar-refractivity contribution in [2.75, 3.05) is 31.5 Å². The zero-order valence-corrected chi connectivity index (χ0v) is 21.8. The summed E-state index contributed by atoms with van der Waals surface area (Å²) in [6.07, 6.45) is 2.97. The van der Waals surface area contributed by atoms with Gasteiger partial charge in [0, 0.05) is 50.1 Å². The summed E-state index contributed by atoms with van der Waals surface area (Å²) in [5.74, 6) is -1.23. The molecular weight excluding hydrogens is 514 g/mol. The second-order valence-corrected chi connectivity index (χ2v) is 10.5. The van der Waals surface area contributed by atoms with Gasteiger partial charge in [0.1, 0.15) is 0 Å². The molecule has 2 aromatic heterocycles. The van der Waals surface area contributed by atoms with Crippen molar-refractivity contribution in [3.63, 3.8) is 0 Å². The summed E-state index contributed by atoms with van der Waals surface area (Å²) in [5.41, 5.74) is 0.492. The van der Waals surface area contributed by atoms with Crippen LogP contribution in [0.2, 0.25) is 5.02 Å². The summed E-state index contributed by atoms with van der Waals surface area (Å²) in [5, 5.41) is 9.66. The maximum atomic E-state index is 14.6. The Labute approximate surface area is 224 Å². The Kier molecular flexibility index (Phi) is 7.34. The lowest BCUT2D eigenvalue weighted by Gasteiger charge is -2.42. The van der Waals surface area contributed by atoms with Crippen LogP contribution in [0.15, 0.2) is 36.4 Å². The largest absolute Gasteiger partial charge is 0.342 e. The molecule has 2 fully saturated rings. The van der Waals surface area contributed by atoms with E-state index in [0.717, 1.165) is 18.5 Å². The summed E-state index contributed by atoms with van der Waals surface area (Å²) in [7, 11) is 0. The number of aryl methyl sites for hydroxylation is 1. The number of aromatic amines is 1. The van der Waals surface area contributed by atoms with Crippen LogP contribution in [-0.2, 0) is 11.2 Å². The smallest absolute Gasteiger partial charge is 0.256 e. The Balaban J connectivity index is 1.38. The standard InChI is InChI=1S/C27H29ClF2N6O2/c1-17-15-22(34-33-17)32-24-21(29)8-7-18(31-24)16-27(26(38)36-11-2-3-12-36)9-13-35(14-10-27)25(37)19-5-4-6-20(28)23(19)30/h4-8,15H,2-3,9-14,16H2,1H3,(H2,31,32,33,34). The van der Waals surface area contributed by atoms with Gasteiger partial charge in [-0.25, -0.2) is 13.8 Å². The Bertz CT molecular complexity index is 1350.